The predicted octanol–water partition coefficient (Wildman–Crippen LogP) is 2.08. The fraction of sp³-hybridized carbons (Fsp3) is 0.400. The molecular formula is C10H13N3OS. The van der Waals surface area contributed by atoms with Crippen molar-refractivity contribution < 1.29 is 4.42 Å². The van der Waals surface area contributed by atoms with Crippen LogP contribution >= 0.6 is 11.3 Å². The fourth-order valence-electron chi connectivity index (χ4n) is 1.26. The first-order valence-corrected chi connectivity index (χ1v) is 5.71. The highest BCUT2D eigenvalue weighted by Crippen LogP contribution is 2.27. The second-order valence-electron chi connectivity index (χ2n) is 3.15. The van der Waals surface area contributed by atoms with Crippen molar-refractivity contribution in [2.75, 3.05) is 7.05 Å². The van der Waals surface area contributed by atoms with E-state index >= 15 is 0 Å². The normalized spacial score (nSPS) is 10.8. The summed E-state index contributed by atoms with van der Waals surface area (Å²) in [5, 5.41) is 10.9. The quantitative estimate of drug-likeness (QED) is 0.862. The molecule has 0 saturated heterocycles. The minimum absolute atomic E-state index is 0.610. The number of nitrogens with one attached hydrogen (secondary N) is 1. The smallest absolute Gasteiger partial charge is 0.257 e. The summed E-state index contributed by atoms with van der Waals surface area (Å²) in [6.45, 7) is 2.74. The van der Waals surface area contributed by atoms with Gasteiger partial charge in [-0.25, -0.2) is 0 Å². The highest BCUT2D eigenvalue weighted by atomic mass is 32.1. The van der Waals surface area contributed by atoms with Crippen LogP contribution in [0.25, 0.3) is 10.8 Å². The van der Waals surface area contributed by atoms with Crippen LogP contribution in [0.15, 0.2) is 16.5 Å². The molecule has 0 aliphatic carbocycles. The van der Waals surface area contributed by atoms with Crippen molar-refractivity contribution in [3.63, 3.8) is 0 Å². The van der Waals surface area contributed by atoms with Crippen LogP contribution in [0.4, 0.5) is 0 Å². The second-order valence-corrected chi connectivity index (χ2v) is 4.32. The van der Waals surface area contributed by atoms with Crippen LogP contribution in [-0.4, -0.2) is 17.2 Å². The zero-order valence-corrected chi connectivity index (χ0v) is 9.60. The Hall–Kier alpha value is -1.20. The Balaban J connectivity index is 2.21. The van der Waals surface area contributed by atoms with E-state index in [2.05, 4.69) is 28.5 Å². The third kappa shape index (κ3) is 2.24. The summed E-state index contributed by atoms with van der Waals surface area (Å²) in [7, 11) is 1.85. The molecule has 0 atom stereocenters. The number of rotatable bonds is 4. The van der Waals surface area contributed by atoms with Gasteiger partial charge in [-0.3, -0.25) is 0 Å². The van der Waals surface area contributed by atoms with Crippen molar-refractivity contribution in [1.29, 1.82) is 0 Å². The van der Waals surface area contributed by atoms with Crippen molar-refractivity contribution in [1.82, 2.24) is 15.5 Å². The van der Waals surface area contributed by atoms with Crippen molar-refractivity contribution in [3.8, 4) is 10.8 Å². The molecule has 5 heteroatoms. The second kappa shape index (κ2) is 4.55. The van der Waals surface area contributed by atoms with Gasteiger partial charge in [-0.1, -0.05) is 6.92 Å². The molecule has 0 saturated carbocycles. The van der Waals surface area contributed by atoms with Crippen molar-refractivity contribution in [2.45, 2.75) is 19.9 Å². The lowest BCUT2D eigenvalue weighted by Crippen LogP contribution is -2.04. The molecule has 0 aliphatic rings. The van der Waals surface area contributed by atoms with Gasteiger partial charge >= 0.3 is 0 Å². The van der Waals surface area contributed by atoms with E-state index in [0.29, 0.717) is 18.3 Å². The number of thiophene rings is 1. The standard InChI is InChI=1S/C10H13N3OS/c1-3-7-4-5-8(15-7)10-13-12-9(14-10)6-11-2/h4-5,11H,3,6H2,1-2H3. The van der Waals surface area contributed by atoms with Crippen LogP contribution in [0.5, 0.6) is 0 Å². The number of aryl methyl sites for hydroxylation is 1. The average Bonchev–Trinajstić information content (AvgIpc) is 2.85. The molecular weight excluding hydrogens is 210 g/mol. The molecule has 0 spiro atoms. The molecule has 0 bridgehead atoms. The molecule has 0 aromatic carbocycles. The van der Waals surface area contributed by atoms with Crippen LogP contribution in [0, 0.1) is 0 Å². The van der Waals surface area contributed by atoms with Crippen molar-refractivity contribution in [3.05, 3.63) is 22.9 Å². The average molecular weight is 223 g/mol. The molecule has 0 unspecified atom stereocenters. The van der Waals surface area contributed by atoms with Gasteiger partial charge in [0.15, 0.2) is 0 Å². The summed E-state index contributed by atoms with van der Waals surface area (Å²) in [4.78, 5) is 2.38. The maximum atomic E-state index is 5.49. The lowest BCUT2D eigenvalue weighted by Gasteiger charge is -1.89. The van der Waals surface area contributed by atoms with E-state index in [9.17, 15) is 0 Å². The number of nitrogens with zero attached hydrogens (tertiary/aromatic N) is 2. The Bertz CT molecular complexity index is 435. The van der Waals surface area contributed by atoms with Crippen LogP contribution in [0.3, 0.4) is 0 Å². The van der Waals surface area contributed by atoms with Gasteiger partial charge in [-0.15, -0.1) is 21.5 Å². The van der Waals surface area contributed by atoms with E-state index in [4.69, 9.17) is 4.42 Å². The number of hydrogen-bond acceptors (Lipinski definition) is 5. The van der Waals surface area contributed by atoms with Crippen molar-refractivity contribution in [2.24, 2.45) is 0 Å². The van der Waals surface area contributed by atoms with Crippen molar-refractivity contribution >= 4 is 11.3 Å². The lowest BCUT2D eigenvalue weighted by atomic mass is 10.4. The predicted molar refractivity (Wildman–Crippen MR) is 59.8 cm³/mol. The van der Waals surface area contributed by atoms with Crippen LogP contribution in [0.2, 0.25) is 0 Å². The van der Waals surface area contributed by atoms with Gasteiger partial charge in [0, 0.05) is 4.88 Å². The molecule has 80 valence electrons. The molecule has 2 aromatic heterocycles. The third-order valence-electron chi connectivity index (χ3n) is 2.02. The third-order valence-corrected chi connectivity index (χ3v) is 3.23. The summed E-state index contributed by atoms with van der Waals surface area (Å²) >= 11 is 1.70. The van der Waals surface area contributed by atoms with E-state index < -0.39 is 0 Å². The molecule has 0 aliphatic heterocycles. The molecule has 0 amide bonds. The summed E-state index contributed by atoms with van der Waals surface area (Å²) in [6, 6.07) is 4.13. The molecule has 4 nitrogen and oxygen atoms in total. The maximum absolute atomic E-state index is 5.49. The number of hydrogen-bond donors (Lipinski definition) is 1. The monoisotopic (exact) mass is 223 g/mol. The van der Waals surface area contributed by atoms with Crippen LogP contribution < -0.4 is 5.32 Å². The largest absolute Gasteiger partial charge is 0.419 e. The van der Waals surface area contributed by atoms with Gasteiger partial charge in [0.2, 0.25) is 5.89 Å². The minimum Gasteiger partial charge on any atom is -0.419 e. The first kappa shape index (κ1) is 10.3. The Labute approximate surface area is 92.3 Å². The zero-order chi connectivity index (χ0) is 10.7. The number of aromatic nitrogens is 2. The lowest BCUT2D eigenvalue weighted by molar-refractivity contribution is 0.491. The Morgan fingerprint density at radius 3 is 2.93 bits per heavy atom. The molecule has 2 rings (SSSR count). The Morgan fingerprint density at radius 2 is 2.27 bits per heavy atom. The molecule has 15 heavy (non-hydrogen) atoms. The van der Waals surface area contributed by atoms with Crippen LogP contribution in [0.1, 0.15) is 17.7 Å². The summed E-state index contributed by atoms with van der Waals surface area (Å²) in [6.07, 6.45) is 1.04. The van der Waals surface area contributed by atoms with Gasteiger partial charge in [-0.2, -0.15) is 0 Å². The first-order valence-electron chi connectivity index (χ1n) is 4.89. The van der Waals surface area contributed by atoms with Gasteiger partial charge in [0.1, 0.15) is 0 Å². The summed E-state index contributed by atoms with van der Waals surface area (Å²) in [5.41, 5.74) is 0. The Kier molecular flexibility index (Phi) is 3.13. The minimum atomic E-state index is 0.610. The highest BCUT2D eigenvalue weighted by molar-refractivity contribution is 7.15. The first-order chi connectivity index (χ1) is 7.33. The van der Waals surface area contributed by atoms with Gasteiger partial charge in [0.05, 0.1) is 11.4 Å². The van der Waals surface area contributed by atoms with Gasteiger partial charge < -0.3 is 9.73 Å². The topological polar surface area (TPSA) is 51.0 Å². The fourth-order valence-corrected chi connectivity index (χ4v) is 2.13. The molecule has 0 fully saturated rings. The molecule has 0 radical (unpaired) electrons. The summed E-state index contributed by atoms with van der Waals surface area (Å²) < 4.78 is 5.49. The SMILES string of the molecule is CCc1ccc(-c2nnc(CNC)o2)s1. The molecule has 1 N–H and O–H groups in total. The van der Waals surface area contributed by atoms with E-state index in [0.717, 1.165) is 11.3 Å². The molecule has 2 heterocycles. The van der Waals surface area contributed by atoms with E-state index in [1.54, 1.807) is 11.3 Å². The maximum Gasteiger partial charge on any atom is 0.257 e. The Morgan fingerprint density at radius 1 is 1.40 bits per heavy atom. The van der Waals surface area contributed by atoms with Crippen LogP contribution in [-0.2, 0) is 13.0 Å². The summed E-state index contributed by atoms with van der Waals surface area (Å²) in [5.74, 6) is 1.24. The van der Waals surface area contributed by atoms with Gasteiger partial charge in [-0.05, 0) is 25.6 Å². The zero-order valence-electron chi connectivity index (χ0n) is 8.78. The van der Waals surface area contributed by atoms with E-state index in [-0.39, 0.29) is 0 Å². The molecule has 2 aromatic rings. The van der Waals surface area contributed by atoms with Gasteiger partial charge in [0.25, 0.3) is 5.89 Å². The highest BCUT2D eigenvalue weighted by Gasteiger charge is 2.09. The van der Waals surface area contributed by atoms with E-state index in [1.165, 1.54) is 4.88 Å². The van der Waals surface area contributed by atoms with E-state index in [1.807, 2.05) is 13.1 Å².